The van der Waals surface area contributed by atoms with Gasteiger partial charge in [0.25, 0.3) is 0 Å². The van der Waals surface area contributed by atoms with Crippen LogP contribution in [0.3, 0.4) is 0 Å². The third-order valence-corrected chi connectivity index (χ3v) is 10.6. The lowest BCUT2D eigenvalue weighted by Crippen LogP contribution is -1.97. The summed E-state index contributed by atoms with van der Waals surface area (Å²) in [5.41, 5.74) is 9.70. The summed E-state index contributed by atoms with van der Waals surface area (Å²) in [5.74, 6) is 0. The van der Waals surface area contributed by atoms with E-state index in [9.17, 15) is 0 Å². The van der Waals surface area contributed by atoms with Gasteiger partial charge in [0, 0.05) is 43.9 Å². The van der Waals surface area contributed by atoms with Crippen molar-refractivity contribution in [2.75, 3.05) is 0 Å². The fourth-order valence-electron chi connectivity index (χ4n) is 8.45. The van der Waals surface area contributed by atoms with Gasteiger partial charge in [0.1, 0.15) is 0 Å². The van der Waals surface area contributed by atoms with Crippen LogP contribution in [-0.2, 0) is 0 Å². The first-order valence-electron chi connectivity index (χ1n) is 17.3. The lowest BCUT2D eigenvalue weighted by atomic mass is 9.93. The van der Waals surface area contributed by atoms with E-state index in [4.69, 9.17) is 0 Å². The fourth-order valence-corrected chi connectivity index (χ4v) is 8.45. The molecule has 2 nitrogen and oxygen atoms in total. The number of nitrogens with zero attached hydrogens (tertiary/aromatic N) is 2. The number of para-hydroxylation sites is 2. The number of hydrogen-bond donors (Lipinski definition) is 0. The van der Waals surface area contributed by atoms with Crippen molar-refractivity contribution < 1.29 is 0 Å². The van der Waals surface area contributed by atoms with Crippen molar-refractivity contribution in [1.29, 1.82) is 0 Å². The van der Waals surface area contributed by atoms with Gasteiger partial charge in [-0.05, 0) is 81.0 Å². The third-order valence-electron chi connectivity index (χ3n) is 10.6. The van der Waals surface area contributed by atoms with Gasteiger partial charge in [-0.3, -0.25) is 0 Å². The summed E-state index contributed by atoms with van der Waals surface area (Å²) >= 11 is 0. The molecule has 11 rings (SSSR count). The largest absolute Gasteiger partial charge is 0.309 e. The van der Waals surface area contributed by atoms with Gasteiger partial charge < -0.3 is 9.13 Å². The minimum Gasteiger partial charge on any atom is -0.309 e. The van der Waals surface area contributed by atoms with Crippen LogP contribution in [0.2, 0.25) is 0 Å². The van der Waals surface area contributed by atoms with Gasteiger partial charge in [-0.15, -0.1) is 0 Å². The number of fused-ring (bicyclic) bond motifs is 10. The molecule has 11 aromatic rings. The van der Waals surface area contributed by atoms with E-state index in [1.165, 1.54) is 92.7 Å². The zero-order valence-corrected chi connectivity index (χ0v) is 27.2. The highest BCUT2D eigenvalue weighted by Crippen LogP contribution is 2.45. The van der Waals surface area contributed by atoms with Gasteiger partial charge in [-0.1, -0.05) is 133 Å². The zero-order chi connectivity index (χ0) is 32.8. The van der Waals surface area contributed by atoms with Crippen LogP contribution in [0.5, 0.6) is 0 Å². The Balaban J connectivity index is 1.28. The Labute approximate surface area is 288 Å². The van der Waals surface area contributed by atoms with Crippen molar-refractivity contribution in [1.82, 2.24) is 9.13 Å². The molecule has 0 fully saturated rings. The van der Waals surface area contributed by atoms with Crippen LogP contribution in [0.15, 0.2) is 182 Å². The normalized spacial score (nSPS) is 12.0. The van der Waals surface area contributed by atoms with Crippen LogP contribution in [-0.4, -0.2) is 9.13 Å². The summed E-state index contributed by atoms with van der Waals surface area (Å²) in [6.45, 7) is 0. The highest BCUT2D eigenvalue weighted by molar-refractivity contribution is 6.26. The van der Waals surface area contributed by atoms with Crippen LogP contribution in [0.4, 0.5) is 0 Å². The summed E-state index contributed by atoms with van der Waals surface area (Å²) in [6.07, 6.45) is 0. The molecule has 0 aliphatic rings. The van der Waals surface area contributed by atoms with Gasteiger partial charge >= 0.3 is 0 Å². The van der Waals surface area contributed by atoms with Crippen molar-refractivity contribution in [2.24, 2.45) is 0 Å². The maximum atomic E-state index is 2.51. The van der Waals surface area contributed by atoms with E-state index in [1.54, 1.807) is 0 Å². The summed E-state index contributed by atoms with van der Waals surface area (Å²) in [7, 11) is 0. The van der Waals surface area contributed by atoms with Crippen LogP contribution in [0, 0.1) is 0 Å². The second kappa shape index (κ2) is 10.4. The topological polar surface area (TPSA) is 9.86 Å². The molecule has 2 aromatic heterocycles. The molecule has 0 unspecified atom stereocenters. The Morgan fingerprint density at radius 1 is 0.280 bits per heavy atom. The minimum atomic E-state index is 1.16. The van der Waals surface area contributed by atoms with Gasteiger partial charge in [0.2, 0.25) is 0 Å². The van der Waals surface area contributed by atoms with Gasteiger partial charge in [0.05, 0.1) is 22.1 Å². The standard InChI is InChI=1S/C48H30N2/c1-2-16-36(17-3-1)50-47-39-19-9-6-13-32(39)23-26-41(47)43-29-34-15-7-8-18-38(34)46(48(43)50)35-24-27-45-42(30-35)40-20-10-11-21-44(40)49(45)37-25-22-31-12-4-5-14-33(31)28-37/h1-30H. The molecular weight excluding hydrogens is 605 g/mol. The number of benzene rings is 9. The Bertz CT molecular complexity index is 3140. The maximum Gasteiger partial charge on any atom is 0.0626 e. The molecule has 0 N–H and O–H groups in total. The summed E-state index contributed by atoms with van der Waals surface area (Å²) in [6, 6.07) is 66.8. The van der Waals surface area contributed by atoms with Crippen molar-refractivity contribution in [2.45, 2.75) is 0 Å². The molecule has 2 heterocycles. The first kappa shape index (κ1) is 27.3. The van der Waals surface area contributed by atoms with Gasteiger partial charge in [-0.25, -0.2) is 0 Å². The molecule has 2 heteroatoms. The number of aromatic nitrogens is 2. The quantitative estimate of drug-likeness (QED) is 0.183. The van der Waals surface area contributed by atoms with E-state index in [0.29, 0.717) is 0 Å². The molecular formula is C48H30N2. The molecule has 0 radical (unpaired) electrons. The van der Waals surface area contributed by atoms with Crippen LogP contribution >= 0.6 is 0 Å². The molecule has 50 heavy (non-hydrogen) atoms. The maximum absolute atomic E-state index is 2.51. The van der Waals surface area contributed by atoms with E-state index in [2.05, 4.69) is 191 Å². The van der Waals surface area contributed by atoms with Gasteiger partial charge in [-0.2, -0.15) is 0 Å². The van der Waals surface area contributed by atoms with Crippen molar-refractivity contribution in [3.8, 4) is 22.5 Å². The smallest absolute Gasteiger partial charge is 0.0626 e. The number of rotatable bonds is 3. The summed E-state index contributed by atoms with van der Waals surface area (Å²) in [4.78, 5) is 0. The highest BCUT2D eigenvalue weighted by atomic mass is 15.0. The average molecular weight is 635 g/mol. The van der Waals surface area contributed by atoms with Crippen molar-refractivity contribution >= 4 is 75.9 Å². The Morgan fingerprint density at radius 2 is 0.940 bits per heavy atom. The van der Waals surface area contributed by atoms with E-state index in [1.807, 2.05) is 0 Å². The molecule has 232 valence electrons. The second-order valence-electron chi connectivity index (χ2n) is 13.3. The molecule has 0 aliphatic carbocycles. The minimum absolute atomic E-state index is 1.16. The Hall–Kier alpha value is -6.64. The Kier molecular flexibility index (Phi) is 5.70. The van der Waals surface area contributed by atoms with Crippen molar-refractivity contribution in [3.63, 3.8) is 0 Å². The molecule has 9 aromatic carbocycles. The van der Waals surface area contributed by atoms with E-state index in [-0.39, 0.29) is 0 Å². The summed E-state index contributed by atoms with van der Waals surface area (Å²) in [5, 5.41) is 12.5. The molecule has 0 saturated heterocycles. The molecule has 0 saturated carbocycles. The predicted octanol–water partition coefficient (Wildman–Crippen LogP) is 13.0. The SMILES string of the molecule is c1ccc(-n2c3c(-c4ccc5c(c4)c4ccccc4n5-c4ccc5ccccc5c4)c4ccccc4cc3c3ccc4ccccc4c32)cc1. The lowest BCUT2D eigenvalue weighted by molar-refractivity contribution is 1.18. The highest BCUT2D eigenvalue weighted by Gasteiger charge is 2.22. The molecule has 0 amide bonds. The first-order valence-corrected chi connectivity index (χ1v) is 17.3. The lowest BCUT2D eigenvalue weighted by Gasteiger charge is -2.15. The molecule has 0 atom stereocenters. The van der Waals surface area contributed by atoms with Gasteiger partial charge in [0.15, 0.2) is 0 Å². The fraction of sp³-hybridized carbons (Fsp3) is 0. The van der Waals surface area contributed by atoms with Crippen LogP contribution in [0.25, 0.3) is 98.4 Å². The first-order chi connectivity index (χ1) is 24.8. The molecule has 0 bridgehead atoms. The average Bonchev–Trinajstić information content (AvgIpc) is 3.70. The monoisotopic (exact) mass is 634 g/mol. The van der Waals surface area contributed by atoms with Crippen molar-refractivity contribution in [3.05, 3.63) is 182 Å². The third kappa shape index (κ3) is 3.85. The van der Waals surface area contributed by atoms with E-state index in [0.717, 1.165) is 5.69 Å². The zero-order valence-electron chi connectivity index (χ0n) is 27.2. The number of hydrogen-bond acceptors (Lipinski definition) is 0. The summed E-state index contributed by atoms with van der Waals surface area (Å²) < 4.78 is 4.93. The van der Waals surface area contributed by atoms with E-state index >= 15 is 0 Å². The van der Waals surface area contributed by atoms with Crippen LogP contribution < -0.4 is 0 Å². The van der Waals surface area contributed by atoms with Crippen LogP contribution in [0.1, 0.15) is 0 Å². The molecule has 0 spiro atoms. The Morgan fingerprint density at radius 3 is 1.80 bits per heavy atom. The predicted molar refractivity (Wildman–Crippen MR) is 213 cm³/mol. The van der Waals surface area contributed by atoms with E-state index < -0.39 is 0 Å². The molecule has 0 aliphatic heterocycles. The second-order valence-corrected chi connectivity index (χ2v) is 13.3.